The van der Waals surface area contributed by atoms with Gasteiger partial charge in [0.25, 0.3) is 0 Å². The fourth-order valence-corrected chi connectivity index (χ4v) is 3.60. The summed E-state index contributed by atoms with van der Waals surface area (Å²) in [6.45, 7) is 14.9. The average molecular weight is 294 g/mol. The Morgan fingerprint density at radius 2 is 2.05 bits per heavy atom. The second kappa shape index (κ2) is 8.62. The molecular formula is C17H34N4. The monoisotopic (exact) mass is 294 g/mol. The van der Waals surface area contributed by atoms with E-state index in [1.54, 1.807) is 0 Å². The molecule has 0 aromatic carbocycles. The topological polar surface area (TPSA) is 30.9 Å². The van der Waals surface area contributed by atoms with E-state index in [4.69, 9.17) is 4.99 Å². The van der Waals surface area contributed by atoms with Crippen molar-refractivity contribution in [1.29, 1.82) is 0 Å². The Morgan fingerprint density at radius 1 is 1.19 bits per heavy atom. The van der Waals surface area contributed by atoms with Gasteiger partial charge in [-0.25, -0.2) is 0 Å². The lowest BCUT2D eigenvalue weighted by Gasteiger charge is -2.33. The molecule has 1 N–H and O–H groups in total. The number of nitrogens with zero attached hydrogens (tertiary/aromatic N) is 3. The Labute approximate surface area is 131 Å². The Morgan fingerprint density at radius 3 is 2.76 bits per heavy atom. The average Bonchev–Trinajstić information content (AvgIpc) is 2.91. The SMILES string of the molecule is CCCN1CCC(CN=C(NCC)N2CCCC(C)C2)C1. The van der Waals surface area contributed by atoms with E-state index in [0.29, 0.717) is 0 Å². The van der Waals surface area contributed by atoms with Gasteiger partial charge >= 0.3 is 0 Å². The van der Waals surface area contributed by atoms with E-state index in [-0.39, 0.29) is 0 Å². The van der Waals surface area contributed by atoms with Gasteiger partial charge in [0.15, 0.2) is 5.96 Å². The van der Waals surface area contributed by atoms with E-state index in [9.17, 15) is 0 Å². The number of aliphatic imine (C=N–C) groups is 1. The zero-order valence-electron chi connectivity index (χ0n) is 14.3. The molecule has 0 aromatic heterocycles. The minimum atomic E-state index is 0.757. The molecule has 0 amide bonds. The van der Waals surface area contributed by atoms with Gasteiger partial charge in [-0.2, -0.15) is 0 Å². The minimum Gasteiger partial charge on any atom is -0.357 e. The van der Waals surface area contributed by atoms with Crippen molar-refractivity contribution in [2.45, 2.75) is 46.5 Å². The zero-order chi connectivity index (χ0) is 15.1. The quantitative estimate of drug-likeness (QED) is 0.624. The molecule has 2 atom stereocenters. The summed E-state index contributed by atoms with van der Waals surface area (Å²) in [6.07, 6.45) is 5.26. The molecule has 0 aromatic rings. The van der Waals surface area contributed by atoms with Crippen molar-refractivity contribution in [3.8, 4) is 0 Å². The molecular weight excluding hydrogens is 260 g/mol. The molecule has 2 heterocycles. The van der Waals surface area contributed by atoms with Gasteiger partial charge in [0.1, 0.15) is 0 Å². The van der Waals surface area contributed by atoms with Gasteiger partial charge in [-0.05, 0) is 57.5 Å². The molecule has 0 bridgehead atoms. The van der Waals surface area contributed by atoms with Crippen LogP contribution in [0.15, 0.2) is 4.99 Å². The van der Waals surface area contributed by atoms with Gasteiger partial charge in [-0.3, -0.25) is 4.99 Å². The summed E-state index contributed by atoms with van der Waals surface area (Å²) in [5, 5.41) is 3.50. The van der Waals surface area contributed by atoms with Crippen LogP contribution in [0, 0.1) is 11.8 Å². The third-order valence-electron chi connectivity index (χ3n) is 4.70. The number of nitrogens with one attached hydrogen (secondary N) is 1. The molecule has 4 nitrogen and oxygen atoms in total. The van der Waals surface area contributed by atoms with Crippen molar-refractivity contribution >= 4 is 5.96 Å². The first-order valence-corrected chi connectivity index (χ1v) is 8.98. The molecule has 21 heavy (non-hydrogen) atoms. The highest BCUT2D eigenvalue weighted by Crippen LogP contribution is 2.18. The molecule has 2 aliphatic rings. The van der Waals surface area contributed by atoms with Crippen LogP contribution < -0.4 is 5.32 Å². The van der Waals surface area contributed by atoms with E-state index >= 15 is 0 Å². The fraction of sp³-hybridized carbons (Fsp3) is 0.941. The summed E-state index contributed by atoms with van der Waals surface area (Å²) in [4.78, 5) is 10.0. The van der Waals surface area contributed by atoms with Gasteiger partial charge in [0.05, 0.1) is 0 Å². The van der Waals surface area contributed by atoms with Crippen LogP contribution >= 0.6 is 0 Å². The molecule has 4 heteroatoms. The lowest BCUT2D eigenvalue weighted by Crippen LogP contribution is -2.46. The Hall–Kier alpha value is -0.770. The van der Waals surface area contributed by atoms with Crippen molar-refractivity contribution in [2.24, 2.45) is 16.8 Å². The normalized spacial score (nSPS) is 28.1. The lowest BCUT2D eigenvalue weighted by atomic mass is 10.0. The second-order valence-electron chi connectivity index (χ2n) is 6.84. The van der Waals surface area contributed by atoms with Crippen molar-refractivity contribution in [1.82, 2.24) is 15.1 Å². The van der Waals surface area contributed by atoms with E-state index in [1.807, 2.05) is 0 Å². The van der Waals surface area contributed by atoms with Gasteiger partial charge in [-0.15, -0.1) is 0 Å². The molecule has 0 saturated carbocycles. The lowest BCUT2D eigenvalue weighted by molar-refractivity contribution is 0.265. The molecule has 0 radical (unpaired) electrons. The predicted molar refractivity (Wildman–Crippen MR) is 90.8 cm³/mol. The van der Waals surface area contributed by atoms with E-state index in [2.05, 4.69) is 35.9 Å². The largest absolute Gasteiger partial charge is 0.357 e. The van der Waals surface area contributed by atoms with Crippen LogP contribution in [0.1, 0.15) is 46.5 Å². The molecule has 0 spiro atoms. The van der Waals surface area contributed by atoms with Crippen LogP contribution in [0.2, 0.25) is 0 Å². The number of likely N-dealkylation sites (tertiary alicyclic amines) is 2. The van der Waals surface area contributed by atoms with Crippen LogP contribution in [0.5, 0.6) is 0 Å². The van der Waals surface area contributed by atoms with Crippen molar-refractivity contribution in [3.05, 3.63) is 0 Å². The highest BCUT2D eigenvalue weighted by Gasteiger charge is 2.23. The van der Waals surface area contributed by atoms with Gasteiger partial charge in [0.2, 0.25) is 0 Å². The summed E-state index contributed by atoms with van der Waals surface area (Å²) >= 11 is 0. The number of hydrogen-bond donors (Lipinski definition) is 1. The Kier molecular flexibility index (Phi) is 6.81. The summed E-state index contributed by atoms with van der Waals surface area (Å²) in [5.74, 6) is 2.71. The predicted octanol–water partition coefficient (Wildman–Crippen LogP) is 2.42. The first-order chi connectivity index (χ1) is 10.2. The molecule has 2 aliphatic heterocycles. The summed E-state index contributed by atoms with van der Waals surface area (Å²) < 4.78 is 0. The Balaban J connectivity index is 1.86. The molecule has 2 saturated heterocycles. The van der Waals surface area contributed by atoms with Crippen molar-refractivity contribution < 1.29 is 0 Å². The number of guanidine groups is 1. The highest BCUT2D eigenvalue weighted by atomic mass is 15.3. The molecule has 2 fully saturated rings. The van der Waals surface area contributed by atoms with Crippen LogP contribution in [-0.4, -0.2) is 61.6 Å². The molecule has 122 valence electrons. The maximum atomic E-state index is 4.95. The van der Waals surface area contributed by atoms with Crippen molar-refractivity contribution in [3.63, 3.8) is 0 Å². The second-order valence-corrected chi connectivity index (χ2v) is 6.84. The summed E-state index contributed by atoms with van der Waals surface area (Å²) in [6, 6.07) is 0. The maximum Gasteiger partial charge on any atom is 0.193 e. The summed E-state index contributed by atoms with van der Waals surface area (Å²) in [5.41, 5.74) is 0. The fourth-order valence-electron chi connectivity index (χ4n) is 3.60. The van der Waals surface area contributed by atoms with E-state index in [0.717, 1.165) is 30.9 Å². The first-order valence-electron chi connectivity index (χ1n) is 8.98. The van der Waals surface area contributed by atoms with E-state index < -0.39 is 0 Å². The van der Waals surface area contributed by atoms with Crippen molar-refractivity contribution in [2.75, 3.05) is 45.8 Å². The highest BCUT2D eigenvalue weighted by molar-refractivity contribution is 5.80. The summed E-state index contributed by atoms with van der Waals surface area (Å²) in [7, 11) is 0. The third kappa shape index (κ3) is 5.17. The maximum absolute atomic E-state index is 4.95. The zero-order valence-corrected chi connectivity index (χ0v) is 14.3. The van der Waals surface area contributed by atoms with Crippen LogP contribution in [0.3, 0.4) is 0 Å². The van der Waals surface area contributed by atoms with Gasteiger partial charge in [0, 0.05) is 32.7 Å². The number of piperidine rings is 1. The number of hydrogen-bond acceptors (Lipinski definition) is 2. The molecule has 2 rings (SSSR count). The standard InChI is InChI=1S/C17H34N4/c1-4-9-20-11-8-16(14-20)12-19-17(18-5-2)21-10-6-7-15(3)13-21/h15-16H,4-14H2,1-3H3,(H,18,19). The molecule has 0 aliphatic carbocycles. The Bertz CT molecular complexity index is 329. The van der Waals surface area contributed by atoms with Crippen LogP contribution in [0.4, 0.5) is 0 Å². The number of rotatable bonds is 5. The van der Waals surface area contributed by atoms with Gasteiger partial charge < -0.3 is 15.1 Å². The van der Waals surface area contributed by atoms with E-state index in [1.165, 1.54) is 58.4 Å². The molecule has 2 unspecified atom stereocenters. The van der Waals surface area contributed by atoms with Crippen LogP contribution in [0.25, 0.3) is 0 Å². The van der Waals surface area contributed by atoms with Crippen LogP contribution in [-0.2, 0) is 0 Å². The smallest absolute Gasteiger partial charge is 0.193 e. The third-order valence-corrected chi connectivity index (χ3v) is 4.70. The first kappa shape index (κ1) is 16.6. The minimum absolute atomic E-state index is 0.757. The van der Waals surface area contributed by atoms with Gasteiger partial charge in [-0.1, -0.05) is 13.8 Å².